The van der Waals surface area contributed by atoms with E-state index in [0.717, 1.165) is 50.5 Å². The number of amides is 1. The number of carboxylic acid groups (broad SMARTS) is 3. The summed E-state index contributed by atoms with van der Waals surface area (Å²) in [6.45, 7) is 4.70. The Kier molecular flexibility index (Phi) is 19.4. The number of ether oxygens (including phenoxy) is 1. The average Bonchev–Trinajstić information content (AvgIpc) is 3.06. The number of hydrogen-bond acceptors (Lipinski definition) is 7. The van der Waals surface area contributed by atoms with E-state index in [1.165, 1.54) is 44.6 Å². The lowest BCUT2D eigenvalue weighted by Crippen LogP contribution is -2.55. The van der Waals surface area contributed by atoms with Crippen molar-refractivity contribution in [3.63, 3.8) is 0 Å². The van der Waals surface area contributed by atoms with Crippen molar-refractivity contribution in [1.82, 2.24) is 5.32 Å². The van der Waals surface area contributed by atoms with Gasteiger partial charge in [0, 0.05) is 19.3 Å². The normalized spacial score (nSPS) is 16.1. The lowest BCUT2D eigenvalue weighted by Gasteiger charge is -2.29. The van der Waals surface area contributed by atoms with E-state index in [2.05, 4.69) is 19.2 Å². The number of hydrogen-bond donors (Lipinski definition) is 5. The zero-order chi connectivity index (χ0) is 36.9. The van der Waals surface area contributed by atoms with E-state index in [9.17, 15) is 44.4 Å². The molecule has 2 rings (SSSR count). The number of rotatable bonds is 26. The maximum atomic E-state index is 13.4. The molecular weight excluding hydrogens is 642 g/mol. The number of carboxylic acids is 3. The minimum atomic E-state index is -3.01. The highest BCUT2D eigenvalue weighted by molar-refractivity contribution is 5.94. The highest BCUT2D eigenvalue weighted by Crippen LogP contribution is 2.28. The van der Waals surface area contributed by atoms with E-state index in [-0.39, 0.29) is 12.2 Å². The molecule has 1 saturated carbocycles. The second-order valence-electron chi connectivity index (χ2n) is 14.2. The first kappa shape index (κ1) is 42.4. The lowest BCUT2D eigenvalue weighted by atomic mass is 9.82. The summed E-state index contributed by atoms with van der Waals surface area (Å²) in [5.74, 6) is -5.71. The standard InChI is InChI=1S/C39H59NO10/c1-28(2)24-25-50-32-22-20-30(21-23-32)26-34(37(45)46)40-36(44)33(39(49,38(47)48)27-35(42)43)19-11-6-4-3-5-10-17-31(41)18-13-12-16-29-14-8-7-9-15-29/h11,19-23,28-29,33-34,49H,3-10,12-18,24-27H2,1-2H3,(H,40,44)(H,42,43)(H,45,46)(H,47,48)/b19-11+/t33-,34+,39-/m1/s1. The summed E-state index contributed by atoms with van der Waals surface area (Å²) in [7, 11) is 0. The van der Waals surface area contributed by atoms with Gasteiger partial charge in [0.2, 0.25) is 5.91 Å². The summed E-state index contributed by atoms with van der Waals surface area (Å²) in [4.78, 5) is 61.3. The Morgan fingerprint density at radius 3 is 2.14 bits per heavy atom. The number of carbonyl (C=O) groups is 5. The Morgan fingerprint density at radius 1 is 0.900 bits per heavy atom. The van der Waals surface area contributed by atoms with Gasteiger partial charge in [-0.1, -0.05) is 95.9 Å². The van der Waals surface area contributed by atoms with E-state index < -0.39 is 47.8 Å². The highest BCUT2D eigenvalue weighted by Gasteiger charge is 2.49. The Morgan fingerprint density at radius 2 is 1.54 bits per heavy atom. The van der Waals surface area contributed by atoms with Crippen LogP contribution in [0.1, 0.15) is 129 Å². The first-order chi connectivity index (χ1) is 23.8. The van der Waals surface area contributed by atoms with Crippen LogP contribution in [0.25, 0.3) is 0 Å². The summed E-state index contributed by atoms with van der Waals surface area (Å²) >= 11 is 0. The molecule has 280 valence electrons. The average molecular weight is 702 g/mol. The van der Waals surface area contributed by atoms with Crippen molar-refractivity contribution in [1.29, 1.82) is 0 Å². The summed E-state index contributed by atoms with van der Waals surface area (Å²) in [6, 6.07) is 5.23. The molecule has 11 nitrogen and oxygen atoms in total. The molecule has 0 aliphatic heterocycles. The van der Waals surface area contributed by atoms with Gasteiger partial charge in [-0.3, -0.25) is 14.4 Å². The fourth-order valence-corrected chi connectivity index (χ4v) is 6.37. The molecule has 1 aliphatic rings. The molecular formula is C39H59NO10. The summed E-state index contributed by atoms with van der Waals surface area (Å²) < 4.78 is 5.69. The third-order valence-electron chi connectivity index (χ3n) is 9.48. The molecule has 0 aromatic heterocycles. The fourth-order valence-electron chi connectivity index (χ4n) is 6.37. The van der Waals surface area contributed by atoms with Crippen LogP contribution in [0.3, 0.4) is 0 Å². The predicted molar refractivity (Wildman–Crippen MR) is 190 cm³/mol. The van der Waals surface area contributed by atoms with E-state index in [1.54, 1.807) is 24.3 Å². The Bertz CT molecular complexity index is 1240. The van der Waals surface area contributed by atoms with Crippen molar-refractivity contribution in [3.05, 3.63) is 42.0 Å². The topological polar surface area (TPSA) is 188 Å². The van der Waals surface area contributed by atoms with Gasteiger partial charge in [0.1, 0.15) is 17.6 Å². The van der Waals surface area contributed by atoms with Crippen LogP contribution in [-0.2, 0) is 30.4 Å². The molecule has 1 fully saturated rings. The van der Waals surface area contributed by atoms with Gasteiger partial charge in [0.25, 0.3) is 0 Å². The number of nitrogens with one attached hydrogen (secondary N) is 1. The van der Waals surface area contributed by atoms with Crippen LogP contribution < -0.4 is 10.1 Å². The summed E-state index contributed by atoms with van der Waals surface area (Å²) in [5.41, 5.74) is -2.45. The molecule has 1 aliphatic carbocycles. The first-order valence-electron chi connectivity index (χ1n) is 18.4. The maximum absolute atomic E-state index is 13.4. The van der Waals surface area contributed by atoms with Gasteiger partial charge in [-0.15, -0.1) is 0 Å². The molecule has 0 saturated heterocycles. The highest BCUT2D eigenvalue weighted by atomic mass is 16.5. The molecule has 0 spiro atoms. The number of ketones is 1. The molecule has 0 radical (unpaired) electrons. The SMILES string of the molecule is CC(C)CCOc1ccc(C[C@H](NC(=O)[C@@H](/C=C/CCCCCCC(=O)CCCCC2CCCCC2)[C@](O)(CC(=O)O)C(=O)O)C(=O)O)cc1. The van der Waals surface area contributed by atoms with Crippen LogP contribution >= 0.6 is 0 Å². The Balaban J connectivity index is 1.90. The van der Waals surface area contributed by atoms with Crippen molar-refractivity contribution in [2.45, 2.75) is 141 Å². The molecule has 11 heteroatoms. The van der Waals surface area contributed by atoms with E-state index in [4.69, 9.17) is 4.74 Å². The van der Waals surface area contributed by atoms with Crippen molar-refractivity contribution < 1.29 is 49.1 Å². The zero-order valence-electron chi connectivity index (χ0n) is 29.9. The van der Waals surface area contributed by atoms with Crippen molar-refractivity contribution in [2.24, 2.45) is 17.8 Å². The third kappa shape index (κ3) is 16.3. The van der Waals surface area contributed by atoms with Gasteiger partial charge >= 0.3 is 17.9 Å². The van der Waals surface area contributed by atoms with Gasteiger partial charge in [-0.25, -0.2) is 9.59 Å². The summed E-state index contributed by atoms with van der Waals surface area (Å²) in [5, 5.41) is 42.2. The predicted octanol–water partition coefficient (Wildman–Crippen LogP) is 6.74. The van der Waals surface area contributed by atoms with E-state index in [1.807, 2.05) is 0 Å². The van der Waals surface area contributed by atoms with Gasteiger partial charge < -0.3 is 30.5 Å². The number of aliphatic hydroxyl groups is 1. The number of unbranched alkanes of at least 4 members (excludes halogenated alkanes) is 5. The lowest BCUT2D eigenvalue weighted by molar-refractivity contribution is -0.172. The molecule has 1 aromatic rings. The van der Waals surface area contributed by atoms with Gasteiger partial charge in [0.05, 0.1) is 18.9 Å². The largest absolute Gasteiger partial charge is 0.494 e. The number of carbonyl (C=O) groups excluding carboxylic acids is 2. The molecule has 0 heterocycles. The Hall–Kier alpha value is -3.73. The Labute approximate surface area is 296 Å². The number of Topliss-reactive ketones (excluding diaryl/α,β-unsaturated/α-hetero) is 1. The molecule has 5 N–H and O–H groups in total. The number of benzene rings is 1. The van der Waals surface area contributed by atoms with Crippen LogP contribution in [-0.4, -0.2) is 68.3 Å². The van der Waals surface area contributed by atoms with Crippen LogP contribution in [0.4, 0.5) is 0 Å². The van der Waals surface area contributed by atoms with Gasteiger partial charge in [-0.05, 0) is 61.6 Å². The second kappa shape index (κ2) is 22.9. The van der Waals surface area contributed by atoms with Crippen LogP contribution in [0.15, 0.2) is 36.4 Å². The van der Waals surface area contributed by atoms with E-state index in [0.29, 0.717) is 49.5 Å². The first-order valence-corrected chi connectivity index (χ1v) is 18.4. The number of aliphatic carboxylic acids is 3. The van der Waals surface area contributed by atoms with Gasteiger partial charge in [0.15, 0.2) is 5.60 Å². The minimum absolute atomic E-state index is 0.142. The number of allylic oxidation sites excluding steroid dienone is 1. The summed E-state index contributed by atoms with van der Waals surface area (Å²) in [6.07, 6.45) is 16.7. The molecule has 1 amide bonds. The minimum Gasteiger partial charge on any atom is -0.494 e. The molecule has 3 atom stereocenters. The molecule has 0 bridgehead atoms. The molecule has 0 unspecified atom stereocenters. The van der Waals surface area contributed by atoms with Gasteiger partial charge in [-0.2, -0.15) is 0 Å². The zero-order valence-corrected chi connectivity index (χ0v) is 29.9. The fraction of sp³-hybridized carbons (Fsp3) is 0.667. The van der Waals surface area contributed by atoms with Crippen molar-refractivity contribution in [2.75, 3.05) is 6.61 Å². The molecule has 50 heavy (non-hydrogen) atoms. The monoisotopic (exact) mass is 701 g/mol. The third-order valence-corrected chi connectivity index (χ3v) is 9.48. The van der Waals surface area contributed by atoms with Crippen LogP contribution in [0.5, 0.6) is 5.75 Å². The van der Waals surface area contributed by atoms with Crippen molar-refractivity contribution in [3.8, 4) is 5.75 Å². The second-order valence-corrected chi connectivity index (χ2v) is 14.2. The van der Waals surface area contributed by atoms with Crippen molar-refractivity contribution >= 4 is 29.6 Å². The quantitative estimate of drug-likeness (QED) is 0.0512. The van der Waals surface area contributed by atoms with E-state index >= 15 is 0 Å². The molecule has 1 aromatic carbocycles. The van der Waals surface area contributed by atoms with Crippen LogP contribution in [0, 0.1) is 17.8 Å². The maximum Gasteiger partial charge on any atom is 0.337 e. The van der Waals surface area contributed by atoms with Crippen LogP contribution in [0.2, 0.25) is 0 Å². The smallest absolute Gasteiger partial charge is 0.337 e.